The summed E-state index contributed by atoms with van der Waals surface area (Å²) < 4.78 is 0. The number of piperidine rings is 2. The van der Waals surface area contributed by atoms with Crippen LogP contribution in [-0.2, 0) is 19.3 Å². The molecule has 8 heteroatoms. The van der Waals surface area contributed by atoms with E-state index in [-0.39, 0.29) is 35.1 Å². The summed E-state index contributed by atoms with van der Waals surface area (Å²) in [5, 5.41) is 25.4. The van der Waals surface area contributed by atoms with E-state index in [1.54, 1.807) is 0 Å². The Kier molecular flexibility index (Phi) is 10.9. The average molecular weight is 667 g/mol. The summed E-state index contributed by atoms with van der Waals surface area (Å²) >= 11 is 0. The largest absolute Gasteiger partial charge is 0.477 e. The van der Waals surface area contributed by atoms with Crippen molar-refractivity contribution in [1.29, 1.82) is 0 Å². The summed E-state index contributed by atoms with van der Waals surface area (Å²) in [5.74, 6) is -2.98. The van der Waals surface area contributed by atoms with E-state index in [2.05, 4.69) is 71.6 Å². The van der Waals surface area contributed by atoms with Crippen LogP contribution in [0.4, 0.5) is 0 Å². The molecule has 1 aromatic rings. The van der Waals surface area contributed by atoms with Crippen LogP contribution >= 0.6 is 0 Å². The van der Waals surface area contributed by atoms with Crippen molar-refractivity contribution >= 4 is 17.5 Å². The number of allylic oxidation sites excluding steroid dienone is 1. The highest BCUT2D eigenvalue weighted by Gasteiger charge is 2.51. The minimum Gasteiger partial charge on any atom is -0.477 e. The molecule has 2 aliphatic heterocycles. The van der Waals surface area contributed by atoms with Crippen molar-refractivity contribution in [3.8, 4) is 0 Å². The van der Waals surface area contributed by atoms with E-state index >= 15 is 0 Å². The maximum Gasteiger partial charge on any atom is 0.343 e. The third kappa shape index (κ3) is 7.87. The molecule has 2 heterocycles. The Bertz CT molecular complexity index is 1300. The quantitative estimate of drug-likeness (QED) is 0.153. The molecule has 2 N–H and O–H groups in total. The minimum absolute atomic E-state index is 0.0898. The van der Waals surface area contributed by atoms with E-state index < -0.39 is 28.6 Å². The number of carboxylic acids is 2. The monoisotopic (exact) mass is 666 g/mol. The Hall–Kier alpha value is -2.26. The second-order valence-corrected chi connectivity index (χ2v) is 17.8. The molecule has 0 atom stereocenters. The number of carbonyl (C=O) groups is 2. The molecule has 5 rings (SSSR count). The first-order valence-electron chi connectivity index (χ1n) is 18.7. The van der Waals surface area contributed by atoms with Gasteiger partial charge in [-0.15, -0.1) is 0 Å². The fourth-order valence-corrected chi connectivity index (χ4v) is 10.1. The van der Waals surface area contributed by atoms with E-state index in [9.17, 15) is 19.8 Å². The lowest BCUT2D eigenvalue weighted by Crippen LogP contribution is -2.61. The van der Waals surface area contributed by atoms with Crippen LogP contribution in [0.5, 0.6) is 0 Å². The fourth-order valence-electron chi connectivity index (χ4n) is 10.1. The highest BCUT2D eigenvalue weighted by atomic mass is 16.7. The molecule has 4 aliphatic rings. The van der Waals surface area contributed by atoms with Gasteiger partial charge in [0.05, 0.1) is 12.2 Å². The predicted molar refractivity (Wildman–Crippen MR) is 189 cm³/mol. The highest BCUT2D eigenvalue weighted by molar-refractivity contribution is 6.19. The summed E-state index contributed by atoms with van der Waals surface area (Å²) in [6.45, 7) is 17.6. The topological polar surface area (TPSA) is 99.5 Å². The van der Waals surface area contributed by atoms with E-state index in [1.807, 2.05) is 18.2 Å². The Balaban J connectivity index is 1.53. The van der Waals surface area contributed by atoms with Crippen LogP contribution in [0.2, 0.25) is 0 Å². The summed E-state index contributed by atoms with van der Waals surface area (Å²) in [5.41, 5.74) is 0.258. The molecule has 2 saturated carbocycles. The summed E-state index contributed by atoms with van der Waals surface area (Å²) in [6, 6.07) is 8.00. The SMILES string of the molecule is CC1(C)CC(C(=C(C(=O)O)C(=O)O)c2ccccc2C2CC(C)(C)N(OC3CCCCC3)C(C)(C)C2)CC(C)(C)N1OC1CCCCC1. The second kappa shape index (κ2) is 14.2. The van der Waals surface area contributed by atoms with Gasteiger partial charge in [0.2, 0.25) is 0 Å². The van der Waals surface area contributed by atoms with E-state index in [4.69, 9.17) is 9.68 Å². The van der Waals surface area contributed by atoms with Crippen molar-refractivity contribution in [2.45, 2.75) is 186 Å². The third-order valence-electron chi connectivity index (χ3n) is 11.6. The number of carboxylic acid groups (broad SMARTS) is 2. The van der Waals surface area contributed by atoms with E-state index in [1.165, 1.54) is 38.5 Å². The van der Waals surface area contributed by atoms with Crippen LogP contribution in [0.15, 0.2) is 29.8 Å². The number of hydrogen-bond acceptors (Lipinski definition) is 6. The summed E-state index contributed by atoms with van der Waals surface area (Å²) in [7, 11) is 0. The van der Waals surface area contributed by atoms with Crippen molar-refractivity contribution in [2.24, 2.45) is 5.92 Å². The van der Waals surface area contributed by atoms with Gasteiger partial charge in [-0.3, -0.25) is 9.68 Å². The van der Waals surface area contributed by atoms with Crippen molar-refractivity contribution in [2.75, 3.05) is 0 Å². The maximum atomic E-state index is 12.9. The molecular weight excluding hydrogens is 604 g/mol. The lowest BCUT2D eigenvalue weighted by atomic mass is 9.67. The van der Waals surface area contributed by atoms with E-state index in [0.717, 1.165) is 49.7 Å². The van der Waals surface area contributed by atoms with Crippen LogP contribution in [0.25, 0.3) is 5.57 Å². The van der Waals surface area contributed by atoms with Crippen LogP contribution in [-0.4, -0.2) is 66.6 Å². The number of hydroxylamine groups is 4. The molecule has 0 bridgehead atoms. The van der Waals surface area contributed by atoms with Gasteiger partial charge in [-0.1, -0.05) is 62.8 Å². The Morgan fingerprint density at radius 3 is 1.44 bits per heavy atom. The molecule has 0 radical (unpaired) electrons. The zero-order valence-electron chi connectivity index (χ0n) is 30.9. The first-order valence-corrected chi connectivity index (χ1v) is 18.7. The predicted octanol–water partition coefficient (Wildman–Crippen LogP) is 9.14. The molecule has 8 nitrogen and oxygen atoms in total. The molecule has 0 aromatic heterocycles. The number of aliphatic carboxylic acids is 2. The molecule has 0 amide bonds. The van der Waals surface area contributed by atoms with Crippen LogP contribution < -0.4 is 0 Å². The van der Waals surface area contributed by atoms with Crippen molar-refractivity contribution in [3.05, 3.63) is 41.0 Å². The molecule has 268 valence electrons. The Morgan fingerprint density at radius 2 is 1.02 bits per heavy atom. The zero-order chi connectivity index (χ0) is 35.1. The molecular formula is C40H62N2O6. The van der Waals surface area contributed by atoms with Gasteiger partial charge in [-0.05, 0) is 135 Å². The zero-order valence-corrected chi connectivity index (χ0v) is 30.9. The second-order valence-electron chi connectivity index (χ2n) is 17.8. The first kappa shape index (κ1) is 37.0. The van der Waals surface area contributed by atoms with Crippen LogP contribution in [0.1, 0.15) is 162 Å². The molecule has 2 saturated heterocycles. The van der Waals surface area contributed by atoms with Gasteiger partial charge in [-0.2, -0.15) is 10.1 Å². The van der Waals surface area contributed by atoms with E-state index in [0.29, 0.717) is 18.4 Å². The molecule has 48 heavy (non-hydrogen) atoms. The van der Waals surface area contributed by atoms with Gasteiger partial charge in [0, 0.05) is 22.2 Å². The van der Waals surface area contributed by atoms with Gasteiger partial charge in [0.15, 0.2) is 0 Å². The molecule has 0 unspecified atom stereocenters. The standard InChI is InChI=1S/C40H62N2O6/c1-37(2)23-27(24-38(3,4)41(37)47-29-17-11-9-12-18-29)31-21-15-16-22-32(31)33(34(35(43)44)36(45)46)28-25-39(5,6)42(40(7,8)26-28)48-30-19-13-10-14-20-30/h15-16,21-22,27-30H,9-14,17-20,23-26H2,1-8H3,(H,43,44)(H,45,46). The minimum atomic E-state index is -1.39. The van der Waals surface area contributed by atoms with Crippen molar-refractivity contribution in [1.82, 2.24) is 10.1 Å². The number of nitrogens with zero attached hydrogens (tertiary/aromatic N) is 2. The van der Waals surface area contributed by atoms with Gasteiger partial charge in [0.25, 0.3) is 0 Å². The fraction of sp³-hybridized carbons (Fsp3) is 0.750. The lowest BCUT2D eigenvalue weighted by Gasteiger charge is -2.56. The van der Waals surface area contributed by atoms with Gasteiger partial charge in [0.1, 0.15) is 5.57 Å². The molecule has 1 aromatic carbocycles. The number of rotatable bonds is 9. The maximum absolute atomic E-state index is 12.9. The normalized spacial score (nSPS) is 25.8. The molecule has 2 aliphatic carbocycles. The smallest absolute Gasteiger partial charge is 0.343 e. The summed E-state index contributed by atoms with van der Waals surface area (Å²) in [4.78, 5) is 39.3. The van der Waals surface area contributed by atoms with Crippen molar-refractivity contribution < 1.29 is 29.5 Å². The Labute approximate surface area is 289 Å². The average Bonchev–Trinajstić information content (AvgIpc) is 2.99. The lowest BCUT2D eigenvalue weighted by molar-refractivity contribution is -0.311. The molecule has 4 fully saturated rings. The van der Waals surface area contributed by atoms with Gasteiger partial charge in [-0.25, -0.2) is 9.59 Å². The van der Waals surface area contributed by atoms with Gasteiger partial charge >= 0.3 is 11.9 Å². The van der Waals surface area contributed by atoms with Crippen LogP contribution in [0.3, 0.4) is 0 Å². The highest BCUT2D eigenvalue weighted by Crippen LogP contribution is 2.52. The summed E-state index contributed by atoms with van der Waals surface area (Å²) in [6.07, 6.45) is 14.8. The van der Waals surface area contributed by atoms with Gasteiger partial charge < -0.3 is 10.2 Å². The number of hydrogen-bond donors (Lipinski definition) is 2. The third-order valence-corrected chi connectivity index (χ3v) is 11.6. The Morgan fingerprint density at radius 1 is 0.625 bits per heavy atom. The molecule has 0 spiro atoms. The number of benzene rings is 1. The first-order chi connectivity index (χ1) is 22.4. The van der Waals surface area contributed by atoms with Crippen LogP contribution in [0, 0.1) is 5.92 Å². The van der Waals surface area contributed by atoms with Crippen molar-refractivity contribution in [3.63, 3.8) is 0 Å².